The van der Waals surface area contributed by atoms with Crippen LogP contribution < -0.4 is 10.2 Å². The maximum Gasteiger partial charge on any atom is 4.00 e. The van der Waals surface area contributed by atoms with Gasteiger partial charge in [-0.05, 0) is 13.8 Å². The fraction of sp³-hybridized carbons (Fsp3) is 0.500. The van der Waals surface area contributed by atoms with Crippen molar-refractivity contribution in [2.75, 3.05) is 0 Å². The van der Waals surface area contributed by atoms with Gasteiger partial charge in [0.15, 0.2) is 0 Å². The molecule has 5 nitrogen and oxygen atoms in total. The zero-order valence-electron chi connectivity index (χ0n) is 8.75. The first-order valence-corrected chi connectivity index (χ1v) is 3.23. The molecule has 0 spiro atoms. The van der Waals surface area contributed by atoms with Crippen molar-refractivity contribution in [2.24, 2.45) is 0 Å². The van der Waals surface area contributed by atoms with Crippen LogP contribution in [-0.2, 0) is 40.6 Å². The van der Waals surface area contributed by atoms with E-state index in [0.29, 0.717) is 0 Å². The molecule has 0 saturated heterocycles. The third-order valence-electron chi connectivity index (χ3n) is 0. The first kappa shape index (κ1) is 29.2. The summed E-state index contributed by atoms with van der Waals surface area (Å²) in [6, 6.07) is 0. The van der Waals surface area contributed by atoms with Crippen LogP contribution >= 0.6 is 0 Å². The molecule has 0 aliphatic heterocycles. The fourth-order valence-corrected chi connectivity index (χ4v) is 0. The van der Waals surface area contributed by atoms with Gasteiger partial charge in [0.05, 0.1) is 0 Å². The van der Waals surface area contributed by atoms with Crippen molar-refractivity contribution in [2.45, 2.75) is 27.7 Å². The number of hydrogen-bond acceptors (Lipinski definition) is 5. The van der Waals surface area contributed by atoms with Crippen LogP contribution in [-0.4, -0.2) is 18.2 Å². The van der Waals surface area contributed by atoms with E-state index in [1.165, 1.54) is 13.2 Å². The third kappa shape index (κ3) is 4930. The number of carboxylic acid groups (broad SMARTS) is 2. The molecule has 0 fully saturated rings. The van der Waals surface area contributed by atoms with E-state index in [2.05, 4.69) is 6.92 Å². The number of rotatable bonds is 0. The molecule has 0 aromatic carbocycles. The van der Waals surface area contributed by atoms with Gasteiger partial charge in [0, 0.05) is 11.9 Å². The molecule has 0 bridgehead atoms. The van der Waals surface area contributed by atoms with E-state index in [-0.39, 0.29) is 26.2 Å². The summed E-state index contributed by atoms with van der Waals surface area (Å²) in [5.41, 5.74) is 0. The minimum Gasteiger partial charge on any atom is -0.550 e. The normalized spacial score (nSPS) is 4.93. The molecule has 0 saturated carbocycles. The minimum atomic E-state index is -1.08. The second-order valence-electron chi connectivity index (χ2n) is 1.19. The maximum atomic E-state index is 8.89. The van der Waals surface area contributed by atoms with Gasteiger partial charge in [-0.1, -0.05) is 0 Å². The van der Waals surface area contributed by atoms with Crippen LogP contribution in [0.1, 0.15) is 27.7 Å². The van der Waals surface area contributed by atoms with Gasteiger partial charge in [0.25, 0.3) is 0 Å². The van der Waals surface area contributed by atoms with Crippen LogP contribution in [0.3, 0.4) is 0 Å². The van der Waals surface area contributed by atoms with Crippen molar-refractivity contribution in [1.82, 2.24) is 0 Å². The summed E-state index contributed by atoms with van der Waals surface area (Å²) in [5, 5.41) is 17.8. The predicted octanol–water partition coefficient (Wildman–Crippen LogP) is -1.53. The summed E-state index contributed by atoms with van der Waals surface area (Å²) in [7, 11) is 0. The van der Waals surface area contributed by atoms with Gasteiger partial charge in [0.1, 0.15) is 0 Å². The van der Waals surface area contributed by atoms with Crippen LogP contribution in [0, 0.1) is 6.92 Å². The number of carboxylic acids is 2. The Morgan fingerprint density at radius 3 is 1.07 bits per heavy atom. The summed E-state index contributed by atoms with van der Waals surface area (Å²) in [5.74, 6) is -2.17. The van der Waals surface area contributed by atoms with Crippen molar-refractivity contribution in [3.8, 4) is 0 Å². The Kier molecular flexibility index (Phi) is 81.6. The summed E-state index contributed by atoms with van der Waals surface area (Å²) in [6.07, 6.45) is 1.50. The van der Waals surface area contributed by atoms with E-state index >= 15 is 0 Å². The summed E-state index contributed by atoms with van der Waals surface area (Å²) in [6.45, 7) is 8.26. The molecule has 0 unspecified atom stereocenters. The molecule has 0 aromatic rings. The van der Waals surface area contributed by atoms with Crippen LogP contribution in [0.15, 0.2) is 0 Å². The Labute approximate surface area is 104 Å². The Hall–Kier alpha value is -0.507. The molecule has 0 radical (unpaired) electrons. The molecule has 80 valence electrons. The van der Waals surface area contributed by atoms with E-state index in [1.54, 1.807) is 6.92 Å². The molecule has 0 aliphatic carbocycles. The Morgan fingerprint density at radius 1 is 1.07 bits per heavy atom. The van der Waals surface area contributed by atoms with E-state index in [1.807, 2.05) is 0 Å². The summed E-state index contributed by atoms with van der Waals surface area (Å²) >= 11 is 0. The van der Waals surface area contributed by atoms with Gasteiger partial charge in [-0.15, -0.1) is 0 Å². The zero-order valence-corrected chi connectivity index (χ0v) is 11.2. The smallest absolute Gasteiger partial charge is 0.550 e. The quantitative estimate of drug-likeness (QED) is 0.502. The fourth-order valence-electron chi connectivity index (χ4n) is 0. The largest absolute Gasteiger partial charge is 4.00 e. The van der Waals surface area contributed by atoms with Crippen LogP contribution in [0.4, 0.5) is 0 Å². The van der Waals surface area contributed by atoms with E-state index in [0.717, 1.165) is 13.8 Å². The molecule has 14 heavy (non-hydrogen) atoms. The maximum absolute atomic E-state index is 8.89. The second kappa shape index (κ2) is 39.1. The number of carbonyl (C=O) groups is 2. The van der Waals surface area contributed by atoms with Crippen LogP contribution in [0.5, 0.6) is 0 Å². The molecule has 0 amide bonds. The molecule has 0 atom stereocenters. The Balaban J connectivity index is -0.0000000260. The third-order valence-corrected chi connectivity index (χ3v) is 0. The summed E-state index contributed by atoms with van der Waals surface area (Å²) < 4.78 is 0. The predicted molar refractivity (Wildman–Crippen MR) is 43.8 cm³/mol. The van der Waals surface area contributed by atoms with Crippen LogP contribution in [0.25, 0.3) is 0 Å². The molecule has 0 aromatic heterocycles. The molecular formula is C8H14O5Zr. The van der Waals surface area contributed by atoms with E-state index in [9.17, 15) is 0 Å². The standard InChI is InChI=1S/2C2H4O2.C2H3O.C2H5.Zr/c2*1-2(3)4;1-2-3;1-2;/h2*1H3,(H,3,4);1H3;1H2,2H3;/q;;2*-1;+4/p-2. The van der Waals surface area contributed by atoms with Crippen LogP contribution in [0.2, 0.25) is 0 Å². The monoisotopic (exact) mass is 280 g/mol. The van der Waals surface area contributed by atoms with Gasteiger partial charge in [-0.25, -0.2) is 0 Å². The van der Waals surface area contributed by atoms with Gasteiger partial charge in [0.2, 0.25) is 0 Å². The summed E-state index contributed by atoms with van der Waals surface area (Å²) in [4.78, 5) is 26.5. The average molecular weight is 281 g/mol. The molecule has 0 rings (SSSR count). The van der Waals surface area contributed by atoms with E-state index in [4.69, 9.17) is 24.6 Å². The zero-order chi connectivity index (χ0) is 11.9. The topological polar surface area (TPSA) is 97.3 Å². The second-order valence-corrected chi connectivity index (χ2v) is 1.19. The van der Waals surface area contributed by atoms with Crippen molar-refractivity contribution < 1.29 is 50.8 Å². The van der Waals surface area contributed by atoms with Gasteiger partial charge in [-0.3, -0.25) is 6.29 Å². The van der Waals surface area contributed by atoms with Gasteiger partial charge >= 0.3 is 26.2 Å². The molecule has 0 aliphatic rings. The molecule has 6 heteroatoms. The first-order chi connectivity index (χ1) is 5.88. The van der Waals surface area contributed by atoms with Crippen molar-refractivity contribution in [3.63, 3.8) is 0 Å². The number of aliphatic carboxylic acids is 2. The van der Waals surface area contributed by atoms with Gasteiger partial charge in [-0.2, -0.15) is 13.8 Å². The minimum absolute atomic E-state index is 0. The van der Waals surface area contributed by atoms with Crippen molar-refractivity contribution in [3.05, 3.63) is 6.92 Å². The van der Waals surface area contributed by atoms with E-state index < -0.39 is 11.9 Å². The SMILES string of the molecule is CC(=O)[O-].CC(=O)[O-].C[C-]=O.[CH2-]C.[Zr+4]. The van der Waals surface area contributed by atoms with Crippen molar-refractivity contribution >= 4 is 18.2 Å². The molecule has 0 heterocycles. The molecular weight excluding hydrogens is 267 g/mol. The number of carbonyl (C=O) groups excluding carboxylic acids is 3. The van der Waals surface area contributed by atoms with Gasteiger partial charge < -0.3 is 31.5 Å². The Morgan fingerprint density at radius 2 is 1.07 bits per heavy atom. The molecule has 0 N–H and O–H groups in total. The Bertz CT molecular complexity index is 105. The number of hydrogen-bond donors (Lipinski definition) is 0. The van der Waals surface area contributed by atoms with Crippen molar-refractivity contribution in [1.29, 1.82) is 0 Å². The first-order valence-electron chi connectivity index (χ1n) is 3.23. The average Bonchev–Trinajstić information content (AvgIpc) is 1.89.